The number of halogens is 1. The zero-order chi connectivity index (χ0) is 19.9. The second-order valence-electron chi connectivity index (χ2n) is 7.00. The Morgan fingerprint density at radius 1 is 1.37 bits per heavy atom. The SMILES string of the molecule is CCCc1cc(F)c(N)c2nc(-c3ccc(P(=O)(O)O)o3)n(CC(C)C)c12. The molecule has 0 spiro atoms. The summed E-state index contributed by atoms with van der Waals surface area (Å²) < 4.78 is 33.0. The Morgan fingerprint density at radius 3 is 2.63 bits per heavy atom. The van der Waals surface area contributed by atoms with E-state index < -0.39 is 18.9 Å². The monoisotopic (exact) mass is 395 g/mol. The van der Waals surface area contributed by atoms with Crippen LogP contribution in [0.4, 0.5) is 10.1 Å². The van der Waals surface area contributed by atoms with Crippen molar-refractivity contribution in [2.75, 3.05) is 5.73 Å². The lowest BCUT2D eigenvalue weighted by atomic mass is 10.1. The van der Waals surface area contributed by atoms with Crippen molar-refractivity contribution in [3.05, 3.63) is 29.6 Å². The first kappa shape index (κ1) is 19.6. The van der Waals surface area contributed by atoms with E-state index in [2.05, 4.69) is 4.98 Å². The minimum absolute atomic E-state index is 0.0459. The highest BCUT2D eigenvalue weighted by atomic mass is 31.2. The van der Waals surface area contributed by atoms with Gasteiger partial charge in [0.25, 0.3) is 0 Å². The van der Waals surface area contributed by atoms with E-state index in [1.807, 2.05) is 25.3 Å². The fourth-order valence-electron chi connectivity index (χ4n) is 3.17. The predicted molar refractivity (Wildman–Crippen MR) is 102 cm³/mol. The number of rotatable bonds is 6. The molecule has 0 saturated heterocycles. The lowest BCUT2D eigenvalue weighted by Gasteiger charge is -2.13. The van der Waals surface area contributed by atoms with E-state index in [1.54, 1.807) is 0 Å². The molecular formula is C18H23FN3O4P. The van der Waals surface area contributed by atoms with Gasteiger partial charge in [0, 0.05) is 6.54 Å². The number of nitrogens with two attached hydrogens (primary N) is 1. The van der Waals surface area contributed by atoms with Crippen LogP contribution < -0.4 is 11.2 Å². The summed E-state index contributed by atoms with van der Waals surface area (Å²) in [6.45, 7) is 6.64. The number of aromatic nitrogens is 2. The molecule has 3 aromatic rings. The maximum Gasteiger partial charge on any atom is 0.391 e. The van der Waals surface area contributed by atoms with Crippen molar-refractivity contribution in [3.8, 4) is 11.6 Å². The molecule has 0 unspecified atom stereocenters. The van der Waals surface area contributed by atoms with Crippen molar-refractivity contribution in [1.29, 1.82) is 0 Å². The Balaban J connectivity index is 2.32. The van der Waals surface area contributed by atoms with Crippen LogP contribution in [-0.2, 0) is 17.5 Å². The third-order valence-corrected chi connectivity index (χ3v) is 5.07. The van der Waals surface area contributed by atoms with Crippen LogP contribution in [-0.4, -0.2) is 19.3 Å². The summed E-state index contributed by atoms with van der Waals surface area (Å²) in [6, 6.07) is 4.12. The molecule has 2 aromatic heterocycles. The minimum Gasteiger partial charge on any atom is -0.445 e. The van der Waals surface area contributed by atoms with E-state index in [0.29, 0.717) is 24.3 Å². The molecule has 4 N–H and O–H groups in total. The van der Waals surface area contributed by atoms with Gasteiger partial charge in [-0.3, -0.25) is 4.57 Å². The van der Waals surface area contributed by atoms with Gasteiger partial charge in [-0.05, 0) is 36.1 Å². The van der Waals surface area contributed by atoms with Crippen LogP contribution >= 0.6 is 7.60 Å². The van der Waals surface area contributed by atoms with E-state index in [-0.39, 0.29) is 17.4 Å². The zero-order valence-electron chi connectivity index (χ0n) is 15.4. The third-order valence-electron chi connectivity index (χ3n) is 4.25. The van der Waals surface area contributed by atoms with Crippen molar-refractivity contribution >= 4 is 29.8 Å². The summed E-state index contributed by atoms with van der Waals surface area (Å²) in [4.78, 5) is 23.1. The van der Waals surface area contributed by atoms with Gasteiger partial charge in [0.15, 0.2) is 11.6 Å². The first-order valence-corrected chi connectivity index (χ1v) is 10.4. The van der Waals surface area contributed by atoms with Crippen molar-refractivity contribution in [2.24, 2.45) is 5.92 Å². The zero-order valence-corrected chi connectivity index (χ0v) is 16.3. The quantitative estimate of drug-likeness (QED) is 0.435. The van der Waals surface area contributed by atoms with Crippen molar-refractivity contribution in [3.63, 3.8) is 0 Å². The summed E-state index contributed by atoms with van der Waals surface area (Å²) in [5, 5.41) is 0. The van der Waals surface area contributed by atoms with Gasteiger partial charge in [0.2, 0.25) is 5.50 Å². The number of hydrogen-bond donors (Lipinski definition) is 3. The molecule has 27 heavy (non-hydrogen) atoms. The third kappa shape index (κ3) is 3.65. The summed E-state index contributed by atoms with van der Waals surface area (Å²) in [7, 11) is -4.52. The summed E-state index contributed by atoms with van der Waals surface area (Å²) in [6.07, 6.45) is 1.48. The Morgan fingerprint density at radius 2 is 2.07 bits per heavy atom. The average molecular weight is 395 g/mol. The van der Waals surface area contributed by atoms with Crippen LogP contribution in [0.2, 0.25) is 0 Å². The maximum absolute atomic E-state index is 14.3. The lowest BCUT2D eigenvalue weighted by molar-refractivity contribution is 0.377. The number of furan rings is 1. The smallest absolute Gasteiger partial charge is 0.391 e. The first-order chi connectivity index (χ1) is 12.6. The fourth-order valence-corrected chi connectivity index (χ4v) is 3.66. The molecule has 7 nitrogen and oxygen atoms in total. The molecule has 0 amide bonds. The highest BCUT2D eigenvalue weighted by molar-refractivity contribution is 7.59. The standard InChI is InChI=1S/C18H23FN3O4P/c1-4-5-11-8-12(19)15(20)16-17(11)22(9-10(2)3)18(21-16)13-6-7-14(26-13)27(23,24)25/h6-8,10H,4-5,9,20H2,1-3H3,(H2,23,24,25). The molecule has 0 fully saturated rings. The number of aryl methyl sites for hydroxylation is 1. The minimum atomic E-state index is -4.52. The van der Waals surface area contributed by atoms with Gasteiger partial charge in [-0.2, -0.15) is 0 Å². The van der Waals surface area contributed by atoms with Gasteiger partial charge in [-0.1, -0.05) is 27.2 Å². The largest absolute Gasteiger partial charge is 0.445 e. The Bertz CT molecular complexity index is 1040. The molecule has 0 aliphatic rings. The summed E-state index contributed by atoms with van der Waals surface area (Å²) in [5.74, 6) is 0.292. The van der Waals surface area contributed by atoms with Crippen molar-refractivity contribution < 1.29 is 23.2 Å². The highest BCUT2D eigenvalue weighted by Gasteiger charge is 2.26. The number of nitrogens with zero attached hydrogens (tertiary/aromatic N) is 2. The van der Waals surface area contributed by atoms with Crippen LogP contribution in [0.5, 0.6) is 0 Å². The van der Waals surface area contributed by atoms with E-state index in [4.69, 9.17) is 10.2 Å². The van der Waals surface area contributed by atoms with Gasteiger partial charge in [-0.15, -0.1) is 0 Å². The van der Waals surface area contributed by atoms with Gasteiger partial charge in [-0.25, -0.2) is 9.37 Å². The topological polar surface area (TPSA) is 115 Å². The fraction of sp³-hybridized carbons (Fsp3) is 0.389. The molecule has 146 valence electrons. The summed E-state index contributed by atoms with van der Waals surface area (Å²) in [5.41, 5.74) is 7.32. The maximum atomic E-state index is 14.3. The predicted octanol–water partition coefficient (Wildman–Crippen LogP) is 3.43. The molecule has 0 atom stereocenters. The van der Waals surface area contributed by atoms with Gasteiger partial charge in [0.1, 0.15) is 11.3 Å². The van der Waals surface area contributed by atoms with Crippen LogP contribution in [0.3, 0.4) is 0 Å². The van der Waals surface area contributed by atoms with Gasteiger partial charge >= 0.3 is 7.60 Å². The molecule has 0 radical (unpaired) electrons. The lowest BCUT2D eigenvalue weighted by Crippen LogP contribution is -2.08. The molecule has 1 aromatic carbocycles. The van der Waals surface area contributed by atoms with Crippen LogP contribution in [0.25, 0.3) is 22.6 Å². The molecule has 0 bridgehead atoms. The molecule has 3 rings (SSSR count). The number of imidazole rings is 1. The number of fused-ring (bicyclic) bond motifs is 1. The molecule has 0 aliphatic carbocycles. The number of benzene rings is 1. The van der Waals surface area contributed by atoms with Crippen molar-refractivity contribution in [2.45, 2.75) is 40.2 Å². The highest BCUT2D eigenvalue weighted by Crippen LogP contribution is 2.37. The summed E-state index contributed by atoms with van der Waals surface area (Å²) >= 11 is 0. The second kappa shape index (κ2) is 7.11. The first-order valence-electron chi connectivity index (χ1n) is 8.76. The van der Waals surface area contributed by atoms with E-state index in [1.165, 1.54) is 18.2 Å². The van der Waals surface area contributed by atoms with Gasteiger partial charge < -0.3 is 24.5 Å². The molecule has 9 heteroatoms. The molecule has 2 heterocycles. The number of hydrogen-bond acceptors (Lipinski definition) is 4. The van der Waals surface area contributed by atoms with E-state index >= 15 is 0 Å². The average Bonchev–Trinajstić information content (AvgIpc) is 3.17. The van der Waals surface area contributed by atoms with Crippen LogP contribution in [0, 0.1) is 11.7 Å². The normalized spacial score (nSPS) is 12.4. The Kier molecular flexibility index (Phi) is 5.16. The van der Waals surface area contributed by atoms with E-state index in [9.17, 15) is 18.7 Å². The number of nitrogen functional groups attached to an aromatic ring is 1. The number of anilines is 1. The van der Waals surface area contributed by atoms with Crippen molar-refractivity contribution in [1.82, 2.24) is 9.55 Å². The molecule has 0 saturated carbocycles. The van der Waals surface area contributed by atoms with Gasteiger partial charge in [0.05, 0.1) is 11.2 Å². The van der Waals surface area contributed by atoms with E-state index in [0.717, 1.165) is 17.5 Å². The Labute approximate surface area is 156 Å². The second-order valence-corrected chi connectivity index (χ2v) is 8.53. The molecular weight excluding hydrogens is 372 g/mol. The molecule has 0 aliphatic heterocycles. The Hall–Kier alpha value is -2.15. The van der Waals surface area contributed by atoms with Crippen LogP contribution in [0.15, 0.2) is 22.6 Å². The van der Waals surface area contributed by atoms with Crippen LogP contribution in [0.1, 0.15) is 32.8 Å².